The second kappa shape index (κ2) is 9.52. The molecular weight excluding hydrogens is 388 g/mol. The number of hydrogen-bond donors (Lipinski definition) is 1. The Hall–Kier alpha value is -2.86. The van der Waals surface area contributed by atoms with Crippen molar-refractivity contribution in [3.63, 3.8) is 0 Å². The van der Waals surface area contributed by atoms with Gasteiger partial charge in [0, 0.05) is 25.6 Å². The molecule has 6 nitrogen and oxygen atoms in total. The predicted octanol–water partition coefficient (Wildman–Crippen LogP) is 4.58. The summed E-state index contributed by atoms with van der Waals surface area (Å²) in [5.41, 5.74) is 4.28. The zero-order valence-corrected chi connectivity index (χ0v) is 18.7. The van der Waals surface area contributed by atoms with Gasteiger partial charge in [0.05, 0.1) is 6.04 Å². The van der Waals surface area contributed by atoms with Crippen LogP contribution in [0.1, 0.15) is 48.7 Å². The summed E-state index contributed by atoms with van der Waals surface area (Å²) in [6.07, 6.45) is 2.77. The Morgan fingerprint density at radius 3 is 2.52 bits per heavy atom. The van der Waals surface area contributed by atoms with Gasteiger partial charge in [-0.15, -0.1) is 0 Å². The second-order valence-electron chi connectivity index (χ2n) is 8.54. The maximum absolute atomic E-state index is 12.8. The van der Waals surface area contributed by atoms with Crippen molar-refractivity contribution in [1.29, 1.82) is 0 Å². The molecule has 1 fully saturated rings. The van der Waals surface area contributed by atoms with Crippen molar-refractivity contribution < 1.29 is 9.21 Å². The first kappa shape index (κ1) is 21.4. The van der Waals surface area contributed by atoms with Gasteiger partial charge in [-0.3, -0.25) is 0 Å². The fourth-order valence-corrected chi connectivity index (χ4v) is 4.26. The van der Waals surface area contributed by atoms with Crippen LogP contribution in [0.3, 0.4) is 0 Å². The number of urea groups is 1. The normalized spacial score (nSPS) is 16.1. The van der Waals surface area contributed by atoms with Gasteiger partial charge in [0.25, 0.3) is 0 Å². The van der Waals surface area contributed by atoms with Gasteiger partial charge >= 0.3 is 6.03 Å². The molecule has 4 rings (SSSR count). The number of nitrogens with one attached hydrogen (secondary N) is 1. The molecule has 1 aliphatic rings. The van der Waals surface area contributed by atoms with E-state index in [9.17, 15) is 4.79 Å². The summed E-state index contributed by atoms with van der Waals surface area (Å²) in [5, 5.41) is 3.14. The largest absolute Gasteiger partial charge is 0.440 e. The molecule has 0 aliphatic carbocycles. The van der Waals surface area contributed by atoms with E-state index in [1.54, 1.807) is 0 Å². The first-order valence-electron chi connectivity index (χ1n) is 11.2. The number of para-hydroxylation sites is 2. The highest BCUT2D eigenvalue weighted by molar-refractivity contribution is 5.74. The molecule has 2 amide bonds. The quantitative estimate of drug-likeness (QED) is 0.634. The van der Waals surface area contributed by atoms with Gasteiger partial charge < -0.3 is 19.5 Å². The van der Waals surface area contributed by atoms with Gasteiger partial charge in [0.15, 0.2) is 11.5 Å². The van der Waals surface area contributed by atoms with Crippen LogP contribution in [-0.2, 0) is 6.42 Å². The topological polar surface area (TPSA) is 61.6 Å². The number of carbonyl (C=O) groups is 1. The lowest BCUT2D eigenvalue weighted by molar-refractivity contribution is 0.173. The van der Waals surface area contributed by atoms with Gasteiger partial charge in [0.1, 0.15) is 5.52 Å². The molecule has 164 valence electrons. The van der Waals surface area contributed by atoms with Gasteiger partial charge in [-0.25, -0.2) is 9.78 Å². The molecule has 0 radical (unpaired) electrons. The van der Waals surface area contributed by atoms with Crippen LogP contribution in [0.15, 0.2) is 52.9 Å². The molecule has 0 saturated carbocycles. The number of aromatic nitrogens is 1. The summed E-state index contributed by atoms with van der Waals surface area (Å²) in [6, 6.07) is 16.7. The monoisotopic (exact) mass is 420 g/mol. The van der Waals surface area contributed by atoms with E-state index in [0.29, 0.717) is 19.6 Å². The Kier molecular flexibility index (Phi) is 6.56. The van der Waals surface area contributed by atoms with Crippen molar-refractivity contribution in [2.45, 2.75) is 38.1 Å². The lowest BCUT2D eigenvalue weighted by Crippen LogP contribution is -2.46. The first-order chi connectivity index (χ1) is 15.0. The number of carbonyl (C=O) groups excluding carboxylic acids is 1. The summed E-state index contributed by atoms with van der Waals surface area (Å²) < 4.78 is 5.94. The molecule has 1 atom stereocenters. The Bertz CT molecular complexity index is 971. The van der Waals surface area contributed by atoms with Crippen molar-refractivity contribution in [3.05, 3.63) is 65.5 Å². The van der Waals surface area contributed by atoms with Gasteiger partial charge in [-0.05, 0) is 56.6 Å². The molecule has 0 bridgehead atoms. The van der Waals surface area contributed by atoms with Crippen molar-refractivity contribution in [2.75, 3.05) is 33.7 Å². The van der Waals surface area contributed by atoms with Crippen molar-refractivity contribution in [2.24, 2.45) is 0 Å². The number of piperidine rings is 1. The van der Waals surface area contributed by atoms with Gasteiger partial charge in [-0.2, -0.15) is 0 Å². The molecule has 1 aromatic heterocycles. The fraction of sp³-hybridized carbons (Fsp3) is 0.440. The third-order valence-corrected chi connectivity index (χ3v) is 6.28. The molecule has 31 heavy (non-hydrogen) atoms. The van der Waals surface area contributed by atoms with Crippen LogP contribution in [0, 0.1) is 0 Å². The zero-order chi connectivity index (χ0) is 21.8. The SMILES string of the molecule is CCc1ccc(C(CNC(=O)N2CCC(c3nc4ccccc4o3)CC2)N(C)C)cc1. The molecule has 6 heteroatoms. The Labute approximate surface area is 184 Å². The minimum absolute atomic E-state index is 0.00745. The van der Waals surface area contributed by atoms with Crippen molar-refractivity contribution >= 4 is 17.1 Å². The molecule has 1 N–H and O–H groups in total. The number of amides is 2. The minimum atomic E-state index is 0.00745. The summed E-state index contributed by atoms with van der Waals surface area (Å²) in [7, 11) is 4.10. The van der Waals surface area contributed by atoms with Crippen LogP contribution in [0.5, 0.6) is 0 Å². The van der Waals surface area contributed by atoms with Gasteiger partial charge in [-0.1, -0.05) is 43.3 Å². The fourth-order valence-electron chi connectivity index (χ4n) is 4.26. The predicted molar refractivity (Wildman–Crippen MR) is 123 cm³/mol. The molecule has 3 aromatic rings. The lowest BCUT2D eigenvalue weighted by Gasteiger charge is -2.32. The van der Waals surface area contributed by atoms with Crippen LogP contribution in [-0.4, -0.2) is 54.5 Å². The third kappa shape index (κ3) is 4.90. The van der Waals surface area contributed by atoms with Crippen LogP contribution in [0.2, 0.25) is 0 Å². The minimum Gasteiger partial charge on any atom is -0.440 e. The Balaban J connectivity index is 1.31. The average molecular weight is 421 g/mol. The number of likely N-dealkylation sites (N-methyl/N-ethyl adjacent to an activating group) is 1. The number of aryl methyl sites for hydroxylation is 1. The standard InChI is InChI=1S/C25H32N4O2/c1-4-18-9-11-19(12-10-18)22(28(2)3)17-26-25(30)29-15-13-20(14-16-29)24-27-21-7-5-6-8-23(21)31-24/h5-12,20,22H,4,13-17H2,1-3H3,(H,26,30). The number of fused-ring (bicyclic) bond motifs is 1. The number of hydrogen-bond acceptors (Lipinski definition) is 4. The number of nitrogens with zero attached hydrogens (tertiary/aromatic N) is 3. The van der Waals surface area contributed by atoms with E-state index in [1.807, 2.05) is 29.2 Å². The highest BCUT2D eigenvalue weighted by Gasteiger charge is 2.27. The van der Waals surface area contributed by atoms with Crippen molar-refractivity contribution in [1.82, 2.24) is 20.1 Å². The van der Waals surface area contributed by atoms with Crippen LogP contribution < -0.4 is 5.32 Å². The second-order valence-corrected chi connectivity index (χ2v) is 8.54. The summed E-state index contributed by atoms with van der Waals surface area (Å²) in [5.74, 6) is 1.06. The highest BCUT2D eigenvalue weighted by atomic mass is 16.3. The number of rotatable bonds is 6. The molecule has 1 aliphatic heterocycles. The number of benzene rings is 2. The molecule has 0 spiro atoms. The number of oxazole rings is 1. The molecular formula is C25H32N4O2. The smallest absolute Gasteiger partial charge is 0.317 e. The number of likely N-dealkylation sites (tertiary alicyclic amines) is 1. The first-order valence-corrected chi connectivity index (χ1v) is 11.2. The molecule has 1 unspecified atom stereocenters. The molecule has 2 aromatic carbocycles. The van der Waals surface area contributed by atoms with Crippen LogP contribution in [0.25, 0.3) is 11.1 Å². The van der Waals surface area contributed by atoms with Crippen LogP contribution in [0.4, 0.5) is 4.79 Å². The Morgan fingerprint density at radius 2 is 1.87 bits per heavy atom. The summed E-state index contributed by atoms with van der Waals surface area (Å²) in [4.78, 5) is 21.5. The highest BCUT2D eigenvalue weighted by Crippen LogP contribution is 2.30. The lowest BCUT2D eigenvalue weighted by atomic mass is 9.97. The van der Waals surface area contributed by atoms with E-state index in [-0.39, 0.29) is 18.0 Å². The van der Waals surface area contributed by atoms with Crippen molar-refractivity contribution in [3.8, 4) is 0 Å². The Morgan fingerprint density at radius 1 is 1.16 bits per heavy atom. The van der Waals surface area contributed by atoms with E-state index in [0.717, 1.165) is 36.3 Å². The summed E-state index contributed by atoms with van der Waals surface area (Å²) in [6.45, 7) is 4.18. The maximum Gasteiger partial charge on any atom is 0.317 e. The van der Waals surface area contributed by atoms with E-state index < -0.39 is 0 Å². The van der Waals surface area contributed by atoms with Gasteiger partial charge in [0.2, 0.25) is 0 Å². The molecule has 2 heterocycles. The van der Waals surface area contributed by atoms with E-state index in [2.05, 4.69) is 60.5 Å². The average Bonchev–Trinajstić information content (AvgIpc) is 3.24. The van der Waals surface area contributed by atoms with E-state index >= 15 is 0 Å². The third-order valence-electron chi connectivity index (χ3n) is 6.28. The van der Waals surface area contributed by atoms with E-state index in [4.69, 9.17) is 4.42 Å². The zero-order valence-electron chi connectivity index (χ0n) is 18.7. The van der Waals surface area contributed by atoms with Crippen LogP contribution >= 0.6 is 0 Å². The molecule has 1 saturated heterocycles. The maximum atomic E-state index is 12.8. The summed E-state index contributed by atoms with van der Waals surface area (Å²) >= 11 is 0. The van der Waals surface area contributed by atoms with E-state index in [1.165, 1.54) is 11.1 Å².